The Labute approximate surface area is 105 Å². The first-order chi connectivity index (χ1) is 8.58. The minimum atomic E-state index is -1.11. The normalized spacial score (nSPS) is 10.3. The van der Waals surface area contributed by atoms with Gasteiger partial charge in [-0.1, -0.05) is 6.07 Å². The van der Waals surface area contributed by atoms with E-state index in [1.54, 1.807) is 25.4 Å². The second kappa shape index (κ2) is 4.87. The molecular weight excluding hydrogens is 230 g/mol. The zero-order valence-corrected chi connectivity index (χ0v) is 9.92. The molecule has 18 heavy (non-hydrogen) atoms. The lowest BCUT2D eigenvalue weighted by molar-refractivity contribution is 0.0693. The lowest BCUT2D eigenvalue weighted by atomic mass is 9.99. The fourth-order valence-corrected chi connectivity index (χ4v) is 1.96. The highest BCUT2D eigenvalue weighted by molar-refractivity contribution is 5.92. The molecular formula is C14H13NO3. The largest absolute Gasteiger partial charge is 0.507 e. The van der Waals surface area contributed by atoms with Crippen molar-refractivity contribution in [3.05, 3.63) is 58.9 Å². The van der Waals surface area contributed by atoms with Crippen molar-refractivity contribution in [2.75, 3.05) is 0 Å². The summed E-state index contributed by atoms with van der Waals surface area (Å²) in [4.78, 5) is 14.9. The van der Waals surface area contributed by atoms with E-state index in [0.717, 1.165) is 11.1 Å². The summed E-state index contributed by atoms with van der Waals surface area (Å²) in [5.74, 6) is -1.30. The third-order valence-corrected chi connectivity index (χ3v) is 2.75. The van der Waals surface area contributed by atoms with Crippen molar-refractivity contribution < 1.29 is 15.0 Å². The van der Waals surface area contributed by atoms with Gasteiger partial charge in [-0.15, -0.1) is 0 Å². The van der Waals surface area contributed by atoms with Crippen molar-refractivity contribution in [3.8, 4) is 5.75 Å². The molecule has 2 N–H and O–H groups in total. The van der Waals surface area contributed by atoms with Gasteiger partial charge in [0.2, 0.25) is 0 Å². The van der Waals surface area contributed by atoms with Crippen molar-refractivity contribution in [2.45, 2.75) is 13.3 Å². The third-order valence-electron chi connectivity index (χ3n) is 2.75. The quantitative estimate of drug-likeness (QED) is 0.868. The molecule has 0 aliphatic rings. The monoisotopic (exact) mass is 243 g/mol. The van der Waals surface area contributed by atoms with E-state index in [9.17, 15) is 9.90 Å². The molecule has 0 radical (unpaired) electrons. The van der Waals surface area contributed by atoms with Crippen LogP contribution in [0.4, 0.5) is 0 Å². The molecule has 0 fully saturated rings. The van der Waals surface area contributed by atoms with E-state index < -0.39 is 5.97 Å². The van der Waals surface area contributed by atoms with E-state index in [2.05, 4.69) is 4.98 Å². The number of aromatic nitrogens is 1. The van der Waals surface area contributed by atoms with Crippen LogP contribution in [0.25, 0.3) is 0 Å². The number of phenols is 1. The van der Waals surface area contributed by atoms with Crippen molar-refractivity contribution in [1.29, 1.82) is 0 Å². The van der Waals surface area contributed by atoms with Crippen molar-refractivity contribution in [1.82, 2.24) is 4.98 Å². The Morgan fingerprint density at radius 2 is 1.89 bits per heavy atom. The van der Waals surface area contributed by atoms with Gasteiger partial charge in [-0.05, 0) is 48.2 Å². The molecule has 1 aromatic carbocycles. The highest BCUT2D eigenvalue weighted by atomic mass is 16.4. The topological polar surface area (TPSA) is 70.4 Å². The zero-order chi connectivity index (χ0) is 13.1. The number of pyridine rings is 1. The van der Waals surface area contributed by atoms with E-state index in [0.29, 0.717) is 12.0 Å². The SMILES string of the molecule is Cc1cc(Cc2ccncc2)cc(O)c1C(=O)O. The Hall–Kier alpha value is -2.36. The Kier molecular flexibility index (Phi) is 3.28. The Morgan fingerprint density at radius 1 is 1.22 bits per heavy atom. The van der Waals surface area contributed by atoms with Crippen LogP contribution in [0.5, 0.6) is 5.75 Å². The summed E-state index contributed by atoms with van der Waals surface area (Å²) in [6.07, 6.45) is 4.04. The van der Waals surface area contributed by atoms with Gasteiger partial charge < -0.3 is 10.2 Å². The first-order valence-electron chi connectivity index (χ1n) is 5.52. The molecule has 0 bridgehead atoms. The van der Waals surface area contributed by atoms with E-state index in [-0.39, 0.29) is 11.3 Å². The summed E-state index contributed by atoms with van der Waals surface area (Å²) in [7, 11) is 0. The van der Waals surface area contributed by atoms with Crippen LogP contribution in [0.3, 0.4) is 0 Å². The van der Waals surface area contributed by atoms with Crippen LogP contribution in [0.1, 0.15) is 27.0 Å². The van der Waals surface area contributed by atoms with Crippen LogP contribution in [0.15, 0.2) is 36.7 Å². The Morgan fingerprint density at radius 3 is 2.44 bits per heavy atom. The van der Waals surface area contributed by atoms with Gasteiger partial charge in [0.05, 0.1) is 0 Å². The predicted octanol–water partition coefficient (Wildman–Crippen LogP) is 2.38. The number of aromatic carboxylic acids is 1. The summed E-state index contributed by atoms with van der Waals surface area (Å²) in [5.41, 5.74) is 2.47. The fraction of sp³-hybridized carbons (Fsp3) is 0.143. The van der Waals surface area contributed by atoms with E-state index in [4.69, 9.17) is 5.11 Å². The molecule has 1 heterocycles. The summed E-state index contributed by atoms with van der Waals surface area (Å²) < 4.78 is 0. The lowest BCUT2D eigenvalue weighted by Gasteiger charge is -2.08. The molecule has 4 heteroatoms. The van der Waals surface area contributed by atoms with Gasteiger partial charge in [-0.3, -0.25) is 4.98 Å². The van der Waals surface area contributed by atoms with Gasteiger partial charge in [-0.25, -0.2) is 4.79 Å². The van der Waals surface area contributed by atoms with Gasteiger partial charge >= 0.3 is 5.97 Å². The molecule has 1 aromatic heterocycles. The number of hydrogen-bond donors (Lipinski definition) is 2. The maximum Gasteiger partial charge on any atom is 0.339 e. The number of carbonyl (C=O) groups is 1. The number of benzene rings is 1. The Balaban J connectivity index is 2.34. The molecule has 2 aromatic rings. The smallest absolute Gasteiger partial charge is 0.339 e. The molecule has 0 saturated heterocycles. The molecule has 0 atom stereocenters. The highest BCUT2D eigenvalue weighted by Crippen LogP contribution is 2.24. The van der Waals surface area contributed by atoms with Crippen LogP contribution >= 0.6 is 0 Å². The number of aromatic hydroxyl groups is 1. The first kappa shape index (κ1) is 12.1. The number of carboxylic acids is 1. The number of nitrogens with zero attached hydrogens (tertiary/aromatic N) is 1. The van der Waals surface area contributed by atoms with Crippen LogP contribution < -0.4 is 0 Å². The van der Waals surface area contributed by atoms with Crippen LogP contribution in [0.2, 0.25) is 0 Å². The predicted molar refractivity (Wildman–Crippen MR) is 66.8 cm³/mol. The number of hydrogen-bond acceptors (Lipinski definition) is 3. The van der Waals surface area contributed by atoms with Crippen LogP contribution in [-0.4, -0.2) is 21.2 Å². The number of rotatable bonds is 3. The average Bonchev–Trinajstić information content (AvgIpc) is 2.28. The van der Waals surface area contributed by atoms with Crippen LogP contribution in [0, 0.1) is 6.92 Å². The molecule has 0 aliphatic carbocycles. The van der Waals surface area contributed by atoms with Gasteiger partial charge in [0.15, 0.2) is 0 Å². The maximum absolute atomic E-state index is 10.9. The van der Waals surface area contributed by atoms with E-state index in [1.807, 2.05) is 12.1 Å². The number of aryl methyl sites for hydroxylation is 1. The van der Waals surface area contributed by atoms with E-state index >= 15 is 0 Å². The third kappa shape index (κ3) is 2.48. The minimum absolute atomic E-state index is 0.0338. The molecule has 0 amide bonds. The van der Waals surface area contributed by atoms with Gasteiger partial charge in [0.25, 0.3) is 0 Å². The molecule has 2 rings (SSSR count). The van der Waals surface area contributed by atoms with Gasteiger partial charge in [0.1, 0.15) is 11.3 Å². The highest BCUT2D eigenvalue weighted by Gasteiger charge is 2.14. The molecule has 0 spiro atoms. The van der Waals surface area contributed by atoms with Crippen molar-refractivity contribution in [3.63, 3.8) is 0 Å². The summed E-state index contributed by atoms with van der Waals surface area (Å²) in [5, 5.41) is 18.7. The molecule has 0 unspecified atom stereocenters. The van der Waals surface area contributed by atoms with E-state index in [1.165, 1.54) is 6.07 Å². The number of carboxylic acid groups (broad SMARTS) is 1. The zero-order valence-electron chi connectivity index (χ0n) is 9.92. The standard InChI is InChI=1S/C14H13NO3/c1-9-6-11(7-10-2-4-15-5-3-10)8-12(16)13(9)14(17)18/h2-6,8,16H,7H2,1H3,(H,17,18). The summed E-state index contributed by atoms with van der Waals surface area (Å²) in [6, 6.07) is 7.05. The molecule has 92 valence electrons. The second-order valence-electron chi connectivity index (χ2n) is 4.14. The van der Waals surface area contributed by atoms with Crippen LogP contribution in [-0.2, 0) is 6.42 Å². The second-order valence-corrected chi connectivity index (χ2v) is 4.14. The fourth-order valence-electron chi connectivity index (χ4n) is 1.96. The Bertz CT molecular complexity index is 556. The first-order valence-corrected chi connectivity index (χ1v) is 5.52. The summed E-state index contributed by atoms with van der Waals surface area (Å²) >= 11 is 0. The molecule has 4 nitrogen and oxygen atoms in total. The lowest BCUT2D eigenvalue weighted by Crippen LogP contribution is -2.01. The molecule has 0 aliphatic heterocycles. The van der Waals surface area contributed by atoms with Gasteiger partial charge in [0, 0.05) is 12.4 Å². The van der Waals surface area contributed by atoms with Gasteiger partial charge in [-0.2, -0.15) is 0 Å². The minimum Gasteiger partial charge on any atom is -0.507 e. The van der Waals surface area contributed by atoms with Crippen molar-refractivity contribution in [2.24, 2.45) is 0 Å². The van der Waals surface area contributed by atoms with Crippen molar-refractivity contribution >= 4 is 5.97 Å². The molecule has 0 saturated carbocycles. The summed E-state index contributed by atoms with van der Waals surface area (Å²) in [6.45, 7) is 1.68. The maximum atomic E-state index is 10.9. The average molecular weight is 243 g/mol.